The first-order valence-electron chi connectivity index (χ1n) is 14.4. The molecule has 7 heteroatoms. The van der Waals surface area contributed by atoms with E-state index in [9.17, 15) is 0 Å². The molecule has 0 saturated carbocycles. The summed E-state index contributed by atoms with van der Waals surface area (Å²) in [6.45, 7) is 0. The fourth-order valence-electron chi connectivity index (χ4n) is 6.01. The van der Waals surface area contributed by atoms with Gasteiger partial charge in [-0.2, -0.15) is 5.10 Å². The summed E-state index contributed by atoms with van der Waals surface area (Å²) < 4.78 is 8.49. The highest BCUT2D eigenvalue weighted by Gasteiger charge is 2.20. The van der Waals surface area contributed by atoms with Gasteiger partial charge in [0.05, 0.1) is 22.6 Å². The van der Waals surface area contributed by atoms with Crippen molar-refractivity contribution in [2.75, 3.05) is 0 Å². The molecule has 0 aliphatic carbocycles. The first-order valence-corrected chi connectivity index (χ1v) is 14.4. The highest BCUT2D eigenvalue weighted by molar-refractivity contribution is 6.23. The van der Waals surface area contributed by atoms with Crippen LogP contribution in [0.15, 0.2) is 138 Å². The number of nitrogens with zero attached hydrogens (tertiary/aromatic N) is 6. The van der Waals surface area contributed by atoms with Crippen LogP contribution in [0, 0.1) is 0 Å². The van der Waals surface area contributed by atoms with Crippen molar-refractivity contribution in [3.63, 3.8) is 0 Å². The largest absolute Gasteiger partial charge is 0.456 e. The van der Waals surface area contributed by atoms with Gasteiger partial charge >= 0.3 is 0 Å². The van der Waals surface area contributed by atoms with E-state index in [2.05, 4.69) is 51.2 Å². The number of benzene rings is 5. The van der Waals surface area contributed by atoms with Gasteiger partial charge in [0.15, 0.2) is 17.5 Å². The summed E-state index contributed by atoms with van der Waals surface area (Å²) in [5, 5.41) is 11.9. The monoisotopic (exact) mass is 566 g/mol. The van der Waals surface area contributed by atoms with Crippen LogP contribution in [0.4, 0.5) is 0 Å². The molecule has 0 fully saturated rings. The average molecular weight is 567 g/mol. The van der Waals surface area contributed by atoms with Crippen molar-refractivity contribution in [2.45, 2.75) is 0 Å². The van der Waals surface area contributed by atoms with E-state index in [1.807, 2.05) is 91.0 Å². The fourth-order valence-corrected chi connectivity index (χ4v) is 6.01. The van der Waals surface area contributed by atoms with Gasteiger partial charge in [-0.05, 0) is 48.5 Å². The second-order valence-corrected chi connectivity index (χ2v) is 10.6. The van der Waals surface area contributed by atoms with Gasteiger partial charge < -0.3 is 8.98 Å². The SMILES string of the molecule is c1ccc(-c2nc(-c3ccccc3)nc(-c3ccc(-n4c5ccnnc5c5ccc6oc7ccccc7c6c54)cc3)n2)cc1. The first kappa shape index (κ1) is 24.4. The molecule has 7 nitrogen and oxygen atoms in total. The number of furan rings is 1. The highest BCUT2D eigenvalue weighted by atomic mass is 16.3. The van der Waals surface area contributed by atoms with Crippen molar-refractivity contribution < 1.29 is 4.42 Å². The summed E-state index contributed by atoms with van der Waals surface area (Å²) in [7, 11) is 0. The highest BCUT2D eigenvalue weighted by Crippen LogP contribution is 2.40. The Bertz CT molecular complexity index is 2430. The van der Waals surface area contributed by atoms with Crippen LogP contribution in [0.1, 0.15) is 0 Å². The maximum absolute atomic E-state index is 6.25. The Morgan fingerprint density at radius 3 is 1.80 bits per heavy atom. The van der Waals surface area contributed by atoms with Crippen molar-refractivity contribution >= 4 is 43.9 Å². The number of hydrogen-bond donors (Lipinski definition) is 0. The van der Waals surface area contributed by atoms with Gasteiger partial charge in [-0.15, -0.1) is 5.10 Å². The van der Waals surface area contributed by atoms with Crippen molar-refractivity contribution in [2.24, 2.45) is 0 Å². The molecule has 0 N–H and O–H groups in total. The number of fused-ring (bicyclic) bond motifs is 7. The lowest BCUT2D eigenvalue weighted by molar-refractivity contribution is 0.669. The van der Waals surface area contributed by atoms with E-state index in [0.717, 1.165) is 66.3 Å². The maximum Gasteiger partial charge on any atom is 0.164 e. The molecule has 206 valence electrons. The second-order valence-electron chi connectivity index (χ2n) is 10.6. The minimum absolute atomic E-state index is 0.612. The van der Waals surface area contributed by atoms with E-state index in [1.54, 1.807) is 6.20 Å². The van der Waals surface area contributed by atoms with Crippen LogP contribution in [-0.2, 0) is 0 Å². The molecule has 4 aromatic heterocycles. The predicted molar refractivity (Wildman–Crippen MR) is 173 cm³/mol. The number of rotatable bonds is 4. The molecule has 4 heterocycles. The standard InChI is InChI=1S/C37H22N6O/c1-3-9-23(10-4-1)35-39-36(24-11-5-2-6-12-24)41-37(40-35)25-15-17-26(18-16-25)43-29-21-22-38-42-33(29)28-19-20-31-32(34(28)43)27-13-7-8-14-30(27)44-31/h1-22H. The van der Waals surface area contributed by atoms with E-state index in [4.69, 9.17) is 19.4 Å². The van der Waals surface area contributed by atoms with E-state index in [-0.39, 0.29) is 0 Å². The molecule has 0 amide bonds. The third-order valence-electron chi connectivity index (χ3n) is 8.02. The Hall–Kier alpha value is -6.21. The van der Waals surface area contributed by atoms with Crippen LogP contribution >= 0.6 is 0 Å². The summed E-state index contributed by atoms with van der Waals surface area (Å²) in [6, 6.07) is 42.6. The lowest BCUT2D eigenvalue weighted by Gasteiger charge is -2.11. The molecule has 9 aromatic rings. The Balaban J connectivity index is 1.25. The van der Waals surface area contributed by atoms with E-state index < -0.39 is 0 Å². The topological polar surface area (TPSA) is 82.5 Å². The average Bonchev–Trinajstić information content (AvgIpc) is 3.65. The number of para-hydroxylation sites is 1. The molecule has 0 aliphatic rings. The molecular formula is C37H22N6O. The Morgan fingerprint density at radius 1 is 0.500 bits per heavy atom. The van der Waals surface area contributed by atoms with Crippen LogP contribution in [0.5, 0.6) is 0 Å². The van der Waals surface area contributed by atoms with Gasteiger partial charge in [0.25, 0.3) is 0 Å². The summed E-state index contributed by atoms with van der Waals surface area (Å²) in [6.07, 6.45) is 1.73. The van der Waals surface area contributed by atoms with Crippen molar-refractivity contribution in [3.8, 4) is 39.9 Å². The van der Waals surface area contributed by atoms with E-state index in [1.165, 1.54) is 0 Å². The van der Waals surface area contributed by atoms with Crippen molar-refractivity contribution in [1.29, 1.82) is 0 Å². The Morgan fingerprint density at radius 2 is 1.11 bits per heavy atom. The molecule has 0 radical (unpaired) electrons. The molecule has 9 rings (SSSR count). The van der Waals surface area contributed by atoms with Crippen LogP contribution in [0.2, 0.25) is 0 Å². The predicted octanol–water partition coefficient (Wildman–Crippen LogP) is 8.66. The van der Waals surface area contributed by atoms with Gasteiger partial charge in [-0.25, -0.2) is 15.0 Å². The smallest absolute Gasteiger partial charge is 0.164 e. The number of hydrogen-bond acceptors (Lipinski definition) is 6. The summed E-state index contributed by atoms with van der Waals surface area (Å²) in [5.74, 6) is 1.88. The lowest BCUT2D eigenvalue weighted by Crippen LogP contribution is -2.00. The molecule has 5 aromatic carbocycles. The lowest BCUT2D eigenvalue weighted by atomic mass is 10.1. The van der Waals surface area contributed by atoms with Gasteiger partial charge in [-0.3, -0.25) is 0 Å². The van der Waals surface area contributed by atoms with Crippen LogP contribution in [-0.4, -0.2) is 29.7 Å². The first-order chi connectivity index (χ1) is 21.8. The fraction of sp³-hybridized carbons (Fsp3) is 0. The molecule has 0 aliphatic heterocycles. The maximum atomic E-state index is 6.25. The van der Waals surface area contributed by atoms with Gasteiger partial charge in [0, 0.05) is 33.2 Å². The van der Waals surface area contributed by atoms with Gasteiger partial charge in [0.2, 0.25) is 0 Å². The van der Waals surface area contributed by atoms with Gasteiger partial charge in [0.1, 0.15) is 16.7 Å². The summed E-state index contributed by atoms with van der Waals surface area (Å²) in [5.41, 5.74) is 8.29. The van der Waals surface area contributed by atoms with Gasteiger partial charge in [-0.1, -0.05) is 78.9 Å². The van der Waals surface area contributed by atoms with E-state index in [0.29, 0.717) is 17.5 Å². The zero-order chi connectivity index (χ0) is 29.0. The number of aromatic nitrogens is 6. The van der Waals surface area contributed by atoms with Crippen molar-refractivity contribution in [1.82, 2.24) is 29.7 Å². The minimum Gasteiger partial charge on any atom is -0.456 e. The minimum atomic E-state index is 0.612. The molecular weight excluding hydrogens is 544 g/mol. The molecule has 0 bridgehead atoms. The molecule has 44 heavy (non-hydrogen) atoms. The zero-order valence-corrected chi connectivity index (χ0v) is 23.3. The zero-order valence-electron chi connectivity index (χ0n) is 23.3. The molecule has 0 unspecified atom stereocenters. The Kier molecular flexibility index (Phi) is 5.36. The third-order valence-corrected chi connectivity index (χ3v) is 8.02. The Labute approximate surface area is 251 Å². The quantitative estimate of drug-likeness (QED) is 0.212. The summed E-state index contributed by atoms with van der Waals surface area (Å²) in [4.78, 5) is 14.6. The van der Waals surface area contributed by atoms with Crippen LogP contribution in [0.25, 0.3) is 83.7 Å². The van der Waals surface area contributed by atoms with E-state index >= 15 is 0 Å². The summed E-state index contributed by atoms with van der Waals surface area (Å²) >= 11 is 0. The van der Waals surface area contributed by atoms with Crippen LogP contribution < -0.4 is 0 Å². The second kappa shape index (κ2) is 9.68. The van der Waals surface area contributed by atoms with Crippen LogP contribution in [0.3, 0.4) is 0 Å². The normalized spacial score (nSPS) is 11.6. The third kappa shape index (κ3) is 3.80. The van der Waals surface area contributed by atoms with Crippen molar-refractivity contribution in [3.05, 3.63) is 134 Å². The molecule has 0 atom stereocenters. The molecule has 0 saturated heterocycles. The molecule has 0 spiro atoms.